The van der Waals surface area contributed by atoms with Crippen LogP contribution in [0.15, 0.2) is 46.9 Å². The number of benzene rings is 2. The first-order valence-electron chi connectivity index (χ1n) is 7.08. The molecule has 1 unspecified atom stereocenters. The van der Waals surface area contributed by atoms with Gasteiger partial charge in [0.25, 0.3) is 0 Å². The molecule has 1 N–H and O–H groups in total. The van der Waals surface area contributed by atoms with Crippen LogP contribution in [-0.4, -0.2) is 20.3 Å². The normalized spacial score (nSPS) is 14.8. The first-order valence-corrected chi connectivity index (χ1v) is 7.87. The summed E-state index contributed by atoms with van der Waals surface area (Å²) in [7, 11) is 1.98. The van der Waals surface area contributed by atoms with Crippen molar-refractivity contribution in [3.63, 3.8) is 0 Å². The van der Waals surface area contributed by atoms with Crippen molar-refractivity contribution in [1.29, 1.82) is 0 Å². The molecule has 1 aliphatic rings. The topological polar surface area (TPSA) is 30.5 Å². The van der Waals surface area contributed by atoms with E-state index in [1.807, 2.05) is 19.2 Å². The van der Waals surface area contributed by atoms with E-state index in [1.54, 1.807) is 0 Å². The fourth-order valence-corrected chi connectivity index (χ4v) is 2.86. The van der Waals surface area contributed by atoms with E-state index in [2.05, 4.69) is 51.6 Å². The predicted molar refractivity (Wildman–Crippen MR) is 87.1 cm³/mol. The van der Waals surface area contributed by atoms with E-state index in [0.717, 1.165) is 28.0 Å². The Morgan fingerprint density at radius 1 is 1.10 bits per heavy atom. The maximum absolute atomic E-state index is 5.82. The van der Waals surface area contributed by atoms with Gasteiger partial charge in [-0.25, -0.2) is 0 Å². The molecule has 0 spiro atoms. The second-order valence-corrected chi connectivity index (χ2v) is 5.96. The summed E-state index contributed by atoms with van der Waals surface area (Å²) in [4.78, 5) is 0. The molecule has 0 radical (unpaired) electrons. The molecule has 0 amide bonds. The summed E-state index contributed by atoms with van der Waals surface area (Å²) >= 11 is 3.47. The standard InChI is InChI=1S/C17H18BrNO2/c1-19-15(11-12-5-7-13(18)8-6-12)14-3-2-4-16-17(14)21-10-9-20-16/h2-8,15,19H,9-11H2,1H3. The molecule has 1 heterocycles. The van der Waals surface area contributed by atoms with E-state index in [-0.39, 0.29) is 6.04 Å². The highest BCUT2D eigenvalue weighted by Gasteiger charge is 2.21. The van der Waals surface area contributed by atoms with Gasteiger partial charge < -0.3 is 14.8 Å². The van der Waals surface area contributed by atoms with E-state index in [0.29, 0.717) is 13.2 Å². The molecule has 1 aliphatic heterocycles. The van der Waals surface area contributed by atoms with Crippen molar-refractivity contribution in [2.24, 2.45) is 0 Å². The lowest BCUT2D eigenvalue weighted by atomic mass is 9.97. The quantitative estimate of drug-likeness (QED) is 0.914. The van der Waals surface area contributed by atoms with Crippen LogP contribution in [0.5, 0.6) is 11.5 Å². The molecule has 4 heteroatoms. The van der Waals surface area contributed by atoms with Gasteiger partial charge in [-0.15, -0.1) is 0 Å². The molecule has 2 aromatic carbocycles. The average molecular weight is 348 g/mol. The largest absolute Gasteiger partial charge is 0.486 e. The minimum atomic E-state index is 0.197. The molecule has 1 atom stereocenters. The highest BCUT2D eigenvalue weighted by molar-refractivity contribution is 9.10. The third-order valence-electron chi connectivity index (χ3n) is 3.67. The molecule has 3 rings (SSSR count). The summed E-state index contributed by atoms with van der Waals surface area (Å²) in [5.41, 5.74) is 2.43. The Kier molecular flexibility index (Phi) is 4.46. The number of fused-ring (bicyclic) bond motifs is 1. The van der Waals surface area contributed by atoms with Crippen molar-refractivity contribution in [1.82, 2.24) is 5.32 Å². The van der Waals surface area contributed by atoms with Gasteiger partial charge in [-0.05, 0) is 37.2 Å². The van der Waals surface area contributed by atoms with E-state index in [1.165, 1.54) is 5.56 Å². The Morgan fingerprint density at radius 3 is 2.62 bits per heavy atom. The van der Waals surface area contributed by atoms with Gasteiger partial charge in [-0.3, -0.25) is 0 Å². The molecular formula is C17H18BrNO2. The molecule has 0 fully saturated rings. The minimum absolute atomic E-state index is 0.197. The van der Waals surface area contributed by atoms with Gasteiger partial charge in [0.15, 0.2) is 11.5 Å². The number of ether oxygens (including phenoxy) is 2. The molecule has 2 aromatic rings. The van der Waals surface area contributed by atoms with Crippen molar-refractivity contribution < 1.29 is 9.47 Å². The second kappa shape index (κ2) is 6.50. The molecule has 0 bridgehead atoms. The minimum Gasteiger partial charge on any atom is -0.486 e. The van der Waals surface area contributed by atoms with Crippen LogP contribution in [0.3, 0.4) is 0 Å². The number of rotatable bonds is 4. The van der Waals surface area contributed by atoms with E-state index in [4.69, 9.17) is 9.47 Å². The summed E-state index contributed by atoms with van der Waals surface area (Å²) in [6.45, 7) is 1.23. The lowest BCUT2D eigenvalue weighted by molar-refractivity contribution is 0.168. The first-order chi connectivity index (χ1) is 10.3. The molecule has 0 aliphatic carbocycles. The average Bonchev–Trinajstić information content (AvgIpc) is 2.54. The summed E-state index contributed by atoms with van der Waals surface area (Å²) < 4.78 is 12.6. The monoisotopic (exact) mass is 347 g/mol. The number of nitrogens with one attached hydrogen (secondary N) is 1. The lowest BCUT2D eigenvalue weighted by Crippen LogP contribution is -2.23. The van der Waals surface area contributed by atoms with Crippen molar-refractivity contribution in [2.75, 3.05) is 20.3 Å². The molecule has 0 saturated heterocycles. The number of hydrogen-bond acceptors (Lipinski definition) is 3. The molecule has 0 saturated carbocycles. The highest BCUT2D eigenvalue weighted by atomic mass is 79.9. The van der Waals surface area contributed by atoms with Gasteiger partial charge in [-0.2, -0.15) is 0 Å². The van der Waals surface area contributed by atoms with E-state index < -0.39 is 0 Å². The fraction of sp³-hybridized carbons (Fsp3) is 0.294. The fourth-order valence-electron chi connectivity index (χ4n) is 2.59. The Labute approximate surface area is 133 Å². The Hall–Kier alpha value is -1.52. The third-order valence-corrected chi connectivity index (χ3v) is 4.20. The lowest BCUT2D eigenvalue weighted by Gasteiger charge is -2.25. The van der Waals surface area contributed by atoms with Gasteiger partial charge in [0.1, 0.15) is 13.2 Å². The van der Waals surface area contributed by atoms with Crippen molar-refractivity contribution in [3.05, 3.63) is 58.1 Å². The number of likely N-dealkylation sites (N-methyl/N-ethyl adjacent to an activating group) is 1. The number of halogens is 1. The predicted octanol–water partition coefficient (Wildman–Crippen LogP) is 3.72. The number of para-hydroxylation sites is 1. The molecule has 0 aromatic heterocycles. The van der Waals surface area contributed by atoms with Crippen LogP contribution in [0.4, 0.5) is 0 Å². The van der Waals surface area contributed by atoms with Gasteiger partial charge in [0.05, 0.1) is 0 Å². The van der Waals surface area contributed by atoms with Gasteiger partial charge >= 0.3 is 0 Å². The van der Waals surface area contributed by atoms with E-state index in [9.17, 15) is 0 Å². The zero-order valence-corrected chi connectivity index (χ0v) is 13.5. The summed E-state index contributed by atoms with van der Waals surface area (Å²) in [5, 5.41) is 3.38. The van der Waals surface area contributed by atoms with E-state index >= 15 is 0 Å². The maximum atomic E-state index is 5.82. The van der Waals surface area contributed by atoms with Crippen molar-refractivity contribution >= 4 is 15.9 Å². The summed E-state index contributed by atoms with van der Waals surface area (Å²) in [6, 6.07) is 14.7. The van der Waals surface area contributed by atoms with Gasteiger partial charge in [0, 0.05) is 16.1 Å². The zero-order valence-electron chi connectivity index (χ0n) is 11.9. The third kappa shape index (κ3) is 3.22. The summed E-state index contributed by atoms with van der Waals surface area (Å²) in [5.74, 6) is 1.72. The second-order valence-electron chi connectivity index (χ2n) is 5.04. The van der Waals surface area contributed by atoms with Gasteiger partial charge in [0.2, 0.25) is 0 Å². The molecule has 21 heavy (non-hydrogen) atoms. The molecule has 3 nitrogen and oxygen atoms in total. The number of hydrogen-bond donors (Lipinski definition) is 1. The molecule has 110 valence electrons. The van der Waals surface area contributed by atoms with Gasteiger partial charge in [-0.1, -0.05) is 40.2 Å². The van der Waals surface area contributed by atoms with Crippen molar-refractivity contribution in [3.8, 4) is 11.5 Å². The Balaban J connectivity index is 1.88. The van der Waals surface area contributed by atoms with Crippen LogP contribution in [0.1, 0.15) is 17.2 Å². The SMILES string of the molecule is CNC(Cc1ccc(Br)cc1)c1cccc2c1OCCO2. The van der Waals surface area contributed by atoms with Crippen LogP contribution in [0.2, 0.25) is 0 Å². The van der Waals surface area contributed by atoms with Crippen LogP contribution in [0, 0.1) is 0 Å². The zero-order chi connectivity index (χ0) is 14.7. The van der Waals surface area contributed by atoms with Crippen molar-refractivity contribution in [2.45, 2.75) is 12.5 Å². The first kappa shape index (κ1) is 14.4. The maximum Gasteiger partial charge on any atom is 0.166 e. The highest BCUT2D eigenvalue weighted by Crippen LogP contribution is 2.37. The molecular weight excluding hydrogens is 330 g/mol. The summed E-state index contributed by atoms with van der Waals surface area (Å²) in [6.07, 6.45) is 0.906. The Morgan fingerprint density at radius 2 is 1.86 bits per heavy atom. The Bertz CT molecular complexity index is 613. The van der Waals surface area contributed by atoms with Crippen LogP contribution >= 0.6 is 15.9 Å². The van der Waals surface area contributed by atoms with Crippen LogP contribution in [-0.2, 0) is 6.42 Å². The smallest absolute Gasteiger partial charge is 0.166 e. The van der Waals surface area contributed by atoms with Crippen LogP contribution in [0.25, 0.3) is 0 Å². The van der Waals surface area contributed by atoms with Crippen LogP contribution < -0.4 is 14.8 Å².